The topological polar surface area (TPSA) is 65.0 Å². The van der Waals surface area contributed by atoms with E-state index >= 15 is 0 Å². The molecule has 0 aliphatic heterocycles. The molecule has 0 saturated heterocycles. The van der Waals surface area contributed by atoms with Crippen LogP contribution in [0.15, 0.2) is 41.9 Å². The van der Waals surface area contributed by atoms with Crippen LogP contribution in [-0.4, -0.2) is 55.9 Å². The third kappa shape index (κ3) is 7.03. The molecule has 1 aromatic carbocycles. The number of esters is 2. The molecule has 0 heterocycles. The van der Waals surface area contributed by atoms with Gasteiger partial charge in [0.05, 0.1) is 18.8 Å². The van der Waals surface area contributed by atoms with Crippen LogP contribution in [0.2, 0.25) is 0 Å². The quantitative estimate of drug-likeness (QED) is 0.141. The molecule has 1 atom stereocenters. The number of alkyl halides is 7. The molecule has 0 amide bonds. The summed E-state index contributed by atoms with van der Waals surface area (Å²) in [5.74, 6) is -13.4. The lowest BCUT2D eigenvalue weighted by Crippen LogP contribution is -2.56. The number of rotatable bonds is 11. The Labute approximate surface area is 185 Å². The van der Waals surface area contributed by atoms with E-state index in [4.69, 9.17) is 9.47 Å². The van der Waals surface area contributed by atoms with Crippen molar-refractivity contribution in [3.63, 3.8) is 0 Å². The van der Waals surface area contributed by atoms with E-state index in [9.17, 15) is 40.3 Å². The molecule has 1 rings (SSSR count). The van der Waals surface area contributed by atoms with Gasteiger partial charge in [0, 0.05) is 18.7 Å². The fraction of sp³-hybridized carbons (Fsp3) is 0.476. The van der Waals surface area contributed by atoms with Gasteiger partial charge in [-0.15, -0.1) is 0 Å². The van der Waals surface area contributed by atoms with Crippen molar-refractivity contribution in [2.24, 2.45) is 10.9 Å². The van der Waals surface area contributed by atoms with Gasteiger partial charge >= 0.3 is 30.0 Å². The molecule has 1 unspecified atom stereocenters. The minimum absolute atomic E-state index is 0.0160. The summed E-state index contributed by atoms with van der Waals surface area (Å²) in [6.45, 7) is 5.20. The lowest BCUT2D eigenvalue weighted by Gasteiger charge is -2.29. The van der Waals surface area contributed by atoms with E-state index in [1.165, 1.54) is 0 Å². The van der Waals surface area contributed by atoms with Gasteiger partial charge in [-0.1, -0.05) is 25.6 Å². The third-order valence-corrected chi connectivity index (χ3v) is 4.42. The monoisotopic (exact) mass is 485 g/mol. The van der Waals surface area contributed by atoms with E-state index in [1.54, 1.807) is 0 Å². The average Bonchev–Trinajstić information content (AvgIpc) is 2.74. The first-order valence-corrected chi connectivity index (χ1v) is 9.55. The van der Waals surface area contributed by atoms with Crippen molar-refractivity contribution in [3.8, 4) is 0 Å². The molecule has 33 heavy (non-hydrogen) atoms. The van der Waals surface area contributed by atoms with Gasteiger partial charge in [-0.2, -0.15) is 30.7 Å². The van der Waals surface area contributed by atoms with Crippen molar-refractivity contribution in [1.82, 2.24) is 0 Å². The van der Waals surface area contributed by atoms with Gasteiger partial charge in [0.1, 0.15) is 5.71 Å². The number of carbonyl (C=O) groups excluding carboxylic acids is 2. The van der Waals surface area contributed by atoms with Crippen LogP contribution in [0.1, 0.15) is 35.7 Å². The van der Waals surface area contributed by atoms with Gasteiger partial charge in [0.2, 0.25) is 0 Å². The number of nitrogens with zero attached hydrogens (tertiary/aromatic N) is 1. The van der Waals surface area contributed by atoms with Crippen LogP contribution in [0.3, 0.4) is 0 Å². The maximum absolute atomic E-state index is 14.0. The SMILES string of the molecule is C=CC(=O)OCC(C)CCCOC(=O)c1ccc(C(=NC)C(F)(F)C(F)(F)C(F)(F)F)cc1. The van der Waals surface area contributed by atoms with Crippen LogP contribution in [0.5, 0.6) is 0 Å². The summed E-state index contributed by atoms with van der Waals surface area (Å²) in [5, 5.41) is 0. The Balaban J connectivity index is 2.74. The van der Waals surface area contributed by atoms with Gasteiger partial charge in [-0.25, -0.2) is 9.59 Å². The minimum atomic E-state index is -6.50. The van der Waals surface area contributed by atoms with Crippen molar-refractivity contribution in [3.05, 3.63) is 48.0 Å². The number of hydrogen-bond acceptors (Lipinski definition) is 5. The lowest BCUT2D eigenvalue weighted by molar-refractivity contribution is -0.336. The highest BCUT2D eigenvalue weighted by Crippen LogP contribution is 2.48. The molecule has 5 nitrogen and oxygen atoms in total. The Hall–Kier alpha value is -2.92. The second-order valence-electron chi connectivity index (χ2n) is 7.01. The van der Waals surface area contributed by atoms with Crippen LogP contribution in [-0.2, 0) is 14.3 Å². The van der Waals surface area contributed by atoms with Crippen LogP contribution < -0.4 is 0 Å². The number of halogens is 7. The summed E-state index contributed by atoms with van der Waals surface area (Å²) in [6.07, 6.45) is -4.50. The molecule has 0 N–H and O–H groups in total. The smallest absolute Gasteiger partial charge is 0.460 e. The third-order valence-electron chi connectivity index (χ3n) is 4.42. The zero-order chi connectivity index (χ0) is 25.4. The molecule has 0 aliphatic rings. The summed E-state index contributed by atoms with van der Waals surface area (Å²) in [4.78, 5) is 25.9. The first-order chi connectivity index (χ1) is 15.2. The Bertz CT molecular complexity index is 864. The fourth-order valence-electron chi connectivity index (χ4n) is 2.59. The standard InChI is InChI=1S/C21H22F7NO4/c1-4-16(30)33-12-13(2)6-5-11-32-18(31)15-9-7-14(8-10-15)17(29-3)19(22,23)20(24,25)21(26,27)28/h4,7-10,13H,1,5-6,11-12H2,2-3H3. The maximum atomic E-state index is 14.0. The van der Waals surface area contributed by atoms with Gasteiger partial charge in [0.25, 0.3) is 0 Å². The zero-order valence-corrected chi connectivity index (χ0v) is 17.7. The zero-order valence-electron chi connectivity index (χ0n) is 17.7. The second kappa shape index (κ2) is 11.3. The predicted molar refractivity (Wildman–Crippen MR) is 105 cm³/mol. The highest BCUT2D eigenvalue weighted by Gasteiger charge is 2.74. The Morgan fingerprint density at radius 3 is 2.06 bits per heavy atom. The molecule has 0 aliphatic carbocycles. The fourth-order valence-corrected chi connectivity index (χ4v) is 2.59. The number of benzene rings is 1. The highest BCUT2D eigenvalue weighted by atomic mass is 19.4. The highest BCUT2D eigenvalue weighted by molar-refractivity contribution is 6.06. The second-order valence-corrected chi connectivity index (χ2v) is 7.01. The van der Waals surface area contributed by atoms with Crippen molar-refractivity contribution in [2.45, 2.75) is 37.8 Å². The van der Waals surface area contributed by atoms with Gasteiger partial charge in [-0.05, 0) is 30.9 Å². The molecule has 0 radical (unpaired) electrons. The van der Waals surface area contributed by atoms with Crippen LogP contribution >= 0.6 is 0 Å². The average molecular weight is 485 g/mol. The number of carbonyl (C=O) groups is 2. The van der Waals surface area contributed by atoms with Crippen molar-refractivity contribution >= 4 is 17.7 Å². The normalized spacial score (nSPS) is 13.9. The van der Waals surface area contributed by atoms with E-state index in [2.05, 4.69) is 11.6 Å². The molecular formula is C21H22F7NO4. The molecule has 0 spiro atoms. The predicted octanol–water partition coefficient (Wildman–Crippen LogP) is 5.24. The first kappa shape index (κ1) is 28.1. The summed E-state index contributed by atoms with van der Waals surface area (Å²) in [5.41, 5.74) is -2.63. The van der Waals surface area contributed by atoms with Gasteiger partial charge in [0.15, 0.2) is 0 Å². The van der Waals surface area contributed by atoms with E-state index < -0.39 is 41.2 Å². The molecule has 184 valence electrons. The summed E-state index contributed by atoms with van der Waals surface area (Å²) < 4.78 is 102. The Kier molecular flexibility index (Phi) is 9.61. The van der Waals surface area contributed by atoms with E-state index in [0.29, 0.717) is 19.9 Å². The molecule has 1 aromatic rings. The van der Waals surface area contributed by atoms with Crippen LogP contribution in [0.4, 0.5) is 30.7 Å². The van der Waals surface area contributed by atoms with E-state index in [0.717, 1.165) is 30.3 Å². The molecule has 0 bridgehead atoms. The molecule has 0 aromatic heterocycles. The van der Waals surface area contributed by atoms with Crippen LogP contribution in [0, 0.1) is 5.92 Å². The molecule has 0 fully saturated rings. The molecular weight excluding hydrogens is 463 g/mol. The summed E-state index contributed by atoms with van der Waals surface area (Å²) in [7, 11) is 0.650. The molecule has 12 heteroatoms. The summed E-state index contributed by atoms with van der Waals surface area (Å²) >= 11 is 0. The van der Waals surface area contributed by atoms with Crippen molar-refractivity contribution in [2.75, 3.05) is 20.3 Å². The number of hydrogen-bond donors (Lipinski definition) is 0. The number of ether oxygens (including phenoxy) is 2. The van der Waals surface area contributed by atoms with E-state index in [-0.39, 0.29) is 24.7 Å². The van der Waals surface area contributed by atoms with E-state index in [1.807, 2.05) is 6.92 Å². The minimum Gasteiger partial charge on any atom is -0.462 e. The molecule has 0 saturated carbocycles. The lowest BCUT2D eigenvalue weighted by atomic mass is 9.98. The summed E-state index contributed by atoms with van der Waals surface area (Å²) in [6, 6.07) is 3.44. The van der Waals surface area contributed by atoms with Crippen LogP contribution in [0.25, 0.3) is 0 Å². The first-order valence-electron chi connectivity index (χ1n) is 9.55. The van der Waals surface area contributed by atoms with Crippen molar-refractivity contribution < 1.29 is 49.8 Å². The number of aliphatic imine (C=N–C) groups is 1. The van der Waals surface area contributed by atoms with Crippen molar-refractivity contribution in [1.29, 1.82) is 0 Å². The Morgan fingerprint density at radius 2 is 1.58 bits per heavy atom. The van der Waals surface area contributed by atoms with Gasteiger partial charge < -0.3 is 9.47 Å². The largest absolute Gasteiger partial charge is 0.462 e. The van der Waals surface area contributed by atoms with Gasteiger partial charge in [-0.3, -0.25) is 4.99 Å². The maximum Gasteiger partial charge on any atom is 0.460 e. The Morgan fingerprint density at radius 1 is 1.03 bits per heavy atom.